The number of halogens is 1. The molecule has 1 aromatic carbocycles. The van der Waals surface area contributed by atoms with Gasteiger partial charge >= 0.3 is 0 Å². The fraction of sp³-hybridized carbons (Fsp3) is 0.667. The first-order valence-corrected chi connectivity index (χ1v) is 8.15. The molecule has 0 amide bonds. The lowest BCUT2D eigenvalue weighted by Crippen LogP contribution is -2.47. The Morgan fingerprint density at radius 3 is 2.62 bits per heavy atom. The minimum atomic E-state index is -0.211. The molecule has 1 saturated carbocycles. The summed E-state index contributed by atoms with van der Waals surface area (Å²) in [5.41, 5.74) is 1.40. The summed E-state index contributed by atoms with van der Waals surface area (Å²) in [7, 11) is 0. The molecule has 1 spiro atoms. The lowest BCUT2D eigenvalue weighted by molar-refractivity contribution is -0.0296. The van der Waals surface area contributed by atoms with Crippen molar-refractivity contribution in [3.8, 4) is 5.75 Å². The second kappa shape index (κ2) is 5.28. The van der Waals surface area contributed by atoms with Crippen LogP contribution >= 0.6 is 0 Å². The van der Waals surface area contributed by atoms with Crippen molar-refractivity contribution in [1.29, 1.82) is 0 Å². The Balaban J connectivity index is 1.90. The molecule has 1 aromatic rings. The topological polar surface area (TPSA) is 21.3 Å². The standard InChI is InChI=1S/C18H26FNO/c1-4-20-15-12-18(9-7-17(2,3)8-10-18)21-16-11-13(19)5-6-14(15)16/h5-6,11,15,20H,4,7-10,12H2,1-3H3. The van der Waals surface area contributed by atoms with E-state index in [1.807, 2.05) is 6.07 Å². The van der Waals surface area contributed by atoms with Crippen LogP contribution in [0.4, 0.5) is 4.39 Å². The maximum absolute atomic E-state index is 13.6. The predicted octanol–water partition coefficient (Wildman–Crippen LogP) is 4.60. The lowest BCUT2D eigenvalue weighted by Gasteiger charge is -2.48. The second-order valence-corrected chi connectivity index (χ2v) is 7.45. The Kier molecular flexibility index (Phi) is 3.73. The smallest absolute Gasteiger partial charge is 0.127 e. The van der Waals surface area contributed by atoms with E-state index in [4.69, 9.17) is 4.74 Å². The van der Waals surface area contributed by atoms with Crippen molar-refractivity contribution in [2.24, 2.45) is 5.41 Å². The molecule has 116 valence electrons. The van der Waals surface area contributed by atoms with E-state index in [0.717, 1.165) is 37.1 Å². The van der Waals surface area contributed by atoms with Crippen LogP contribution in [0.2, 0.25) is 0 Å². The van der Waals surface area contributed by atoms with Gasteiger partial charge in [0.2, 0.25) is 0 Å². The van der Waals surface area contributed by atoms with Gasteiger partial charge in [0, 0.05) is 24.1 Å². The van der Waals surface area contributed by atoms with Crippen LogP contribution in [0.25, 0.3) is 0 Å². The average molecular weight is 291 g/mol. The first-order valence-electron chi connectivity index (χ1n) is 8.15. The highest BCUT2D eigenvalue weighted by molar-refractivity contribution is 5.39. The SMILES string of the molecule is CCNC1CC2(CCC(C)(C)CC2)Oc2cc(F)ccc21. The molecule has 1 N–H and O–H groups in total. The molecule has 3 rings (SSSR count). The molecule has 0 aromatic heterocycles. The average Bonchev–Trinajstić information content (AvgIpc) is 2.43. The van der Waals surface area contributed by atoms with Crippen molar-refractivity contribution in [2.45, 2.75) is 64.5 Å². The number of ether oxygens (including phenoxy) is 1. The summed E-state index contributed by atoms with van der Waals surface area (Å²) in [6, 6.07) is 5.24. The van der Waals surface area contributed by atoms with E-state index in [0.29, 0.717) is 5.41 Å². The zero-order chi connectivity index (χ0) is 15.1. The molecule has 1 aliphatic carbocycles. The lowest BCUT2D eigenvalue weighted by atomic mass is 9.68. The van der Waals surface area contributed by atoms with Gasteiger partial charge in [-0.15, -0.1) is 0 Å². The summed E-state index contributed by atoms with van der Waals surface area (Å²) in [6.07, 6.45) is 5.48. The number of rotatable bonds is 2. The van der Waals surface area contributed by atoms with E-state index in [1.165, 1.54) is 18.9 Å². The molecule has 21 heavy (non-hydrogen) atoms. The largest absolute Gasteiger partial charge is 0.487 e. The monoisotopic (exact) mass is 291 g/mol. The van der Waals surface area contributed by atoms with E-state index in [-0.39, 0.29) is 17.5 Å². The molecule has 2 aliphatic rings. The zero-order valence-corrected chi connectivity index (χ0v) is 13.3. The molecular formula is C18H26FNO. The minimum absolute atomic E-state index is 0.108. The Bertz CT molecular complexity index is 516. The highest BCUT2D eigenvalue weighted by atomic mass is 19.1. The quantitative estimate of drug-likeness (QED) is 0.860. The van der Waals surface area contributed by atoms with Crippen molar-refractivity contribution in [3.63, 3.8) is 0 Å². The normalized spacial score (nSPS) is 26.2. The van der Waals surface area contributed by atoms with Gasteiger partial charge in [0.05, 0.1) is 0 Å². The van der Waals surface area contributed by atoms with Crippen molar-refractivity contribution in [1.82, 2.24) is 5.32 Å². The Morgan fingerprint density at radius 1 is 1.24 bits per heavy atom. The number of nitrogens with one attached hydrogen (secondary N) is 1. The van der Waals surface area contributed by atoms with Crippen molar-refractivity contribution in [2.75, 3.05) is 6.54 Å². The third-order valence-electron chi connectivity index (χ3n) is 5.22. The fourth-order valence-electron chi connectivity index (χ4n) is 3.76. The number of fused-ring (bicyclic) bond motifs is 1. The van der Waals surface area contributed by atoms with Crippen LogP contribution in [0.3, 0.4) is 0 Å². The number of hydrogen-bond donors (Lipinski definition) is 1. The van der Waals surface area contributed by atoms with Crippen LogP contribution in [0.1, 0.15) is 64.5 Å². The van der Waals surface area contributed by atoms with Crippen LogP contribution in [0.5, 0.6) is 5.75 Å². The molecule has 1 atom stereocenters. The minimum Gasteiger partial charge on any atom is -0.487 e. The van der Waals surface area contributed by atoms with Crippen LogP contribution in [0, 0.1) is 11.2 Å². The summed E-state index contributed by atoms with van der Waals surface area (Å²) < 4.78 is 19.9. The first kappa shape index (κ1) is 14.8. The molecule has 2 nitrogen and oxygen atoms in total. The van der Waals surface area contributed by atoms with Crippen molar-refractivity contribution >= 4 is 0 Å². The summed E-state index contributed by atoms with van der Waals surface area (Å²) in [4.78, 5) is 0. The maximum Gasteiger partial charge on any atom is 0.127 e. The summed E-state index contributed by atoms with van der Waals surface area (Å²) in [5, 5.41) is 3.55. The molecule has 0 saturated heterocycles. The fourth-order valence-corrected chi connectivity index (χ4v) is 3.76. The molecule has 1 aliphatic heterocycles. The molecule has 0 radical (unpaired) electrons. The van der Waals surface area contributed by atoms with Crippen LogP contribution in [-0.2, 0) is 0 Å². The first-order chi connectivity index (χ1) is 9.93. The maximum atomic E-state index is 13.6. The van der Waals surface area contributed by atoms with E-state index in [1.54, 1.807) is 6.07 Å². The third kappa shape index (κ3) is 2.94. The van der Waals surface area contributed by atoms with Gasteiger partial charge in [-0.05, 0) is 43.7 Å². The van der Waals surface area contributed by atoms with Gasteiger partial charge < -0.3 is 10.1 Å². The van der Waals surface area contributed by atoms with Crippen LogP contribution in [0.15, 0.2) is 18.2 Å². The van der Waals surface area contributed by atoms with E-state index in [2.05, 4.69) is 26.1 Å². The molecule has 1 fully saturated rings. The van der Waals surface area contributed by atoms with Gasteiger partial charge in [-0.3, -0.25) is 0 Å². The van der Waals surface area contributed by atoms with Gasteiger partial charge in [0.15, 0.2) is 0 Å². The van der Waals surface area contributed by atoms with E-state index in [9.17, 15) is 4.39 Å². The van der Waals surface area contributed by atoms with Gasteiger partial charge in [-0.2, -0.15) is 0 Å². The molecular weight excluding hydrogens is 265 g/mol. The van der Waals surface area contributed by atoms with Gasteiger partial charge in [0.1, 0.15) is 17.2 Å². The highest BCUT2D eigenvalue weighted by Crippen LogP contribution is 2.50. The summed E-state index contributed by atoms with van der Waals surface area (Å²) >= 11 is 0. The summed E-state index contributed by atoms with van der Waals surface area (Å²) in [6.45, 7) is 7.70. The summed E-state index contributed by atoms with van der Waals surface area (Å²) in [5.74, 6) is 0.532. The molecule has 3 heteroatoms. The zero-order valence-electron chi connectivity index (χ0n) is 13.3. The number of benzene rings is 1. The van der Waals surface area contributed by atoms with E-state index < -0.39 is 0 Å². The Hall–Kier alpha value is -1.09. The Labute approximate surface area is 127 Å². The van der Waals surface area contributed by atoms with Gasteiger partial charge in [0.25, 0.3) is 0 Å². The van der Waals surface area contributed by atoms with Crippen LogP contribution < -0.4 is 10.1 Å². The van der Waals surface area contributed by atoms with Gasteiger partial charge in [-0.1, -0.05) is 26.8 Å². The highest BCUT2D eigenvalue weighted by Gasteiger charge is 2.45. The molecule has 1 heterocycles. The van der Waals surface area contributed by atoms with Crippen LogP contribution in [-0.4, -0.2) is 12.1 Å². The second-order valence-electron chi connectivity index (χ2n) is 7.45. The van der Waals surface area contributed by atoms with Crippen molar-refractivity contribution in [3.05, 3.63) is 29.6 Å². The molecule has 1 unspecified atom stereocenters. The third-order valence-corrected chi connectivity index (χ3v) is 5.22. The number of hydrogen-bond acceptors (Lipinski definition) is 2. The van der Waals surface area contributed by atoms with Gasteiger partial charge in [-0.25, -0.2) is 4.39 Å². The predicted molar refractivity (Wildman–Crippen MR) is 83.0 cm³/mol. The Morgan fingerprint density at radius 2 is 1.95 bits per heavy atom. The van der Waals surface area contributed by atoms with E-state index >= 15 is 0 Å². The molecule has 0 bridgehead atoms. The van der Waals surface area contributed by atoms with Crippen molar-refractivity contribution < 1.29 is 9.13 Å².